The Kier molecular flexibility index (Phi) is 5.73. The van der Waals surface area contributed by atoms with Gasteiger partial charge >= 0.3 is 0 Å². The zero-order valence-electron chi connectivity index (χ0n) is 11.1. The molecule has 2 N–H and O–H groups in total. The van der Waals surface area contributed by atoms with Gasteiger partial charge in [0.05, 0.1) is 6.61 Å². The van der Waals surface area contributed by atoms with Crippen molar-refractivity contribution in [2.45, 2.75) is 58.0 Å². The Labute approximate surface area is 100 Å². The van der Waals surface area contributed by atoms with Crippen LogP contribution in [0.15, 0.2) is 0 Å². The van der Waals surface area contributed by atoms with E-state index in [1.165, 1.54) is 38.9 Å². The normalized spacial score (nSPS) is 23.2. The highest BCUT2D eigenvalue weighted by Crippen LogP contribution is 2.16. The fraction of sp³-hybridized carbons (Fsp3) is 1.00. The minimum atomic E-state index is -0.0857. The van der Waals surface area contributed by atoms with E-state index in [2.05, 4.69) is 31.0 Å². The third-order valence-corrected chi connectivity index (χ3v) is 3.81. The second-order valence-corrected chi connectivity index (χ2v) is 5.33. The molecule has 1 heterocycles. The van der Waals surface area contributed by atoms with E-state index in [9.17, 15) is 5.11 Å². The summed E-state index contributed by atoms with van der Waals surface area (Å²) >= 11 is 0. The van der Waals surface area contributed by atoms with Gasteiger partial charge in [-0.1, -0.05) is 13.8 Å². The predicted molar refractivity (Wildman–Crippen MR) is 68.7 cm³/mol. The van der Waals surface area contributed by atoms with Gasteiger partial charge in [-0.3, -0.25) is 0 Å². The zero-order chi connectivity index (χ0) is 12.0. The van der Waals surface area contributed by atoms with E-state index in [0.717, 1.165) is 6.42 Å². The molecule has 0 amide bonds. The summed E-state index contributed by atoms with van der Waals surface area (Å²) in [4.78, 5) is 2.54. The van der Waals surface area contributed by atoms with Gasteiger partial charge in [0, 0.05) is 11.6 Å². The molecule has 0 aromatic carbocycles. The fourth-order valence-corrected chi connectivity index (χ4v) is 2.37. The third kappa shape index (κ3) is 4.04. The summed E-state index contributed by atoms with van der Waals surface area (Å²) in [5, 5.41) is 13.0. The molecule has 0 aromatic rings. The van der Waals surface area contributed by atoms with Crippen LogP contribution in [0.2, 0.25) is 0 Å². The first-order chi connectivity index (χ1) is 7.63. The number of piperidine rings is 1. The second kappa shape index (κ2) is 6.58. The smallest absolute Gasteiger partial charge is 0.0610 e. The average molecular weight is 228 g/mol. The molecule has 1 fully saturated rings. The molecule has 1 aliphatic heterocycles. The molecule has 1 unspecified atom stereocenters. The molecule has 0 aliphatic carbocycles. The van der Waals surface area contributed by atoms with Gasteiger partial charge in [-0.15, -0.1) is 0 Å². The molecule has 0 aromatic heterocycles. The van der Waals surface area contributed by atoms with Crippen molar-refractivity contribution < 1.29 is 5.11 Å². The molecular formula is C13H28N2O. The third-order valence-electron chi connectivity index (χ3n) is 3.81. The number of nitrogens with one attached hydrogen (secondary N) is 1. The van der Waals surface area contributed by atoms with Crippen LogP contribution in [0.1, 0.15) is 46.5 Å². The SMILES string of the molecule is CCCN1CCC(NC(C)(CC)CO)CC1. The maximum absolute atomic E-state index is 9.38. The molecular weight excluding hydrogens is 200 g/mol. The van der Waals surface area contributed by atoms with Crippen LogP contribution in [0.3, 0.4) is 0 Å². The van der Waals surface area contributed by atoms with Gasteiger partial charge in [0.15, 0.2) is 0 Å². The molecule has 0 radical (unpaired) electrons. The monoisotopic (exact) mass is 228 g/mol. The Balaban J connectivity index is 2.31. The van der Waals surface area contributed by atoms with Crippen LogP contribution in [0.5, 0.6) is 0 Å². The highest BCUT2D eigenvalue weighted by atomic mass is 16.3. The van der Waals surface area contributed by atoms with Crippen molar-refractivity contribution in [3.63, 3.8) is 0 Å². The molecule has 0 spiro atoms. The van der Waals surface area contributed by atoms with Crippen molar-refractivity contribution in [1.82, 2.24) is 10.2 Å². The Morgan fingerprint density at radius 3 is 2.38 bits per heavy atom. The van der Waals surface area contributed by atoms with Crippen LogP contribution in [0, 0.1) is 0 Å². The first-order valence-electron chi connectivity index (χ1n) is 6.74. The summed E-state index contributed by atoms with van der Waals surface area (Å²) in [5.41, 5.74) is -0.0857. The summed E-state index contributed by atoms with van der Waals surface area (Å²) in [6.07, 6.45) is 4.67. The maximum atomic E-state index is 9.38. The molecule has 96 valence electrons. The van der Waals surface area contributed by atoms with Gasteiger partial charge in [-0.2, -0.15) is 0 Å². The van der Waals surface area contributed by atoms with E-state index >= 15 is 0 Å². The van der Waals surface area contributed by atoms with Gasteiger partial charge in [0.1, 0.15) is 0 Å². The Bertz CT molecular complexity index is 184. The number of rotatable bonds is 6. The first kappa shape index (κ1) is 13.9. The Hall–Kier alpha value is -0.120. The van der Waals surface area contributed by atoms with Crippen molar-refractivity contribution in [2.24, 2.45) is 0 Å². The van der Waals surface area contributed by atoms with Gasteiger partial charge in [-0.05, 0) is 52.2 Å². The lowest BCUT2D eigenvalue weighted by Gasteiger charge is -2.38. The van der Waals surface area contributed by atoms with Crippen molar-refractivity contribution in [2.75, 3.05) is 26.2 Å². The van der Waals surface area contributed by atoms with E-state index in [4.69, 9.17) is 0 Å². The van der Waals surface area contributed by atoms with E-state index in [0.29, 0.717) is 6.04 Å². The van der Waals surface area contributed by atoms with Crippen LogP contribution in [0.25, 0.3) is 0 Å². The second-order valence-electron chi connectivity index (χ2n) is 5.33. The summed E-state index contributed by atoms with van der Waals surface area (Å²) in [5.74, 6) is 0. The number of hydrogen-bond donors (Lipinski definition) is 2. The highest BCUT2D eigenvalue weighted by Gasteiger charge is 2.26. The quantitative estimate of drug-likeness (QED) is 0.725. The Morgan fingerprint density at radius 2 is 1.94 bits per heavy atom. The molecule has 1 aliphatic rings. The summed E-state index contributed by atoms with van der Waals surface area (Å²) in [6, 6.07) is 0.588. The lowest BCUT2D eigenvalue weighted by atomic mass is 9.95. The van der Waals surface area contributed by atoms with E-state index in [1.807, 2.05) is 0 Å². The summed E-state index contributed by atoms with van der Waals surface area (Å²) in [6.45, 7) is 10.4. The molecule has 16 heavy (non-hydrogen) atoms. The van der Waals surface area contributed by atoms with Crippen LogP contribution < -0.4 is 5.32 Å². The maximum Gasteiger partial charge on any atom is 0.0610 e. The van der Waals surface area contributed by atoms with Gasteiger partial charge in [0.2, 0.25) is 0 Å². The van der Waals surface area contributed by atoms with E-state index in [1.54, 1.807) is 0 Å². The fourth-order valence-electron chi connectivity index (χ4n) is 2.37. The predicted octanol–water partition coefficient (Wildman–Crippen LogP) is 1.61. The number of aliphatic hydroxyl groups is 1. The number of aliphatic hydroxyl groups excluding tert-OH is 1. The first-order valence-corrected chi connectivity index (χ1v) is 6.74. The molecule has 0 saturated carbocycles. The zero-order valence-corrected chi connectivity index (χ0v) is 11.1. The minimum Gasteiger partial charge on any atom is -0.394 e. The van der Waals surface area contributed by atoms with Crippen LogP contribution in [-0.2, 0) is 0 Å². The molecule has 3 nitrogen and oxygen atoms in total. The van der Waals surface area contributed by atoms with Gasteiger partial charge in [0.25, 0.3) is 0 Å². The molecule has 0 bridgehead atoms. The number of likely N-dealkylation sites (tertiary alicyclic amines) is 1. The summed E-state index contributed by atoms with van der Waals surface area (Å²) < 4.78 is 0. The van der Waals surface area contributed by atoms with E-state index in [-0.39, 0.29) is 12.1 Å². The highest BCUT2D eigenvalue weighted by molar-refractivity contribution is 4.87. The minimum absolute atomic E-state index is 0.0857. The molecule has 1 saturated heterocycles. The lowest BCUT2D eigenvalue weighted by molar-refractivity contribution is 0.126. The molecule has 1 rings (SSSR count). The van der Waals surface area contributed by atoms with Gasteiger partial charge < -0.3 is 15.3 Å². The number of hydrogen-bond acceptors (Lipinski definition) is 3. The molecule has 3 heteroatoms. The van der Waals surface area contributed by atoms with Crippen LogP contribution in [-0.4, -0.2) is 47.8 Å². The van der Waals surface area contributed by atoms with Crippen molar-refractivity contribution >= 4 is 0 Å². The van der Waals surface area contributed by atoms with Gasteiger partial charge in [-0.25, -0.2) is 0 Å². The average Bonchev–Trinajstić information content (AvgIpc) is 2.32. The van der Waals surface area contributed by atoms with Crippen molar-refractivity contribution in [3.05, 3.63) is 0 Å². The van der Waals surface area contributed by atoms with E-state index < -0.39 is 0 Å². The van der Waals surface area contributed by atoms with Crippen LogP contribution >= 0.6 is 0 Å². The Morgan fingerprint density at radius 1 is 1.31 bits per heavy atom. The topological polar surface area (TPSA) is 35.5 Å². The largest absolute Gasteiger partial charge is 0.394 e. The number of nitrogens with zero attached hydrogens (tertiary/aromatic N) is 1. The van der Waals surface area contributed by atoms with Crippen molar-refractivity contribution in [1.29, 1.82) is 0 Å². The van der Waals surface area contributed by atoms with Crippen molar-refractivity contribution in [3.8, 4) is 0 Å². The van der Waals surface area contributed by atoms with Crippen LogP contribution in [0.4, 0.5) is 0 Å². The standard InChI is InChI=1S/C13H28N2O/c1-4-8-15-9-6-12(7-10-15)14-13(3,5-2)11-16/h12,14,16H,4-11H2,1-3H3. The lowest BCUT2D eigenvalue weighted by Crippen LogP contribution is -2.53. The molecule has 1 atom stereocenters. The summed E-state index contributed by atoms with van der Waals surface area (Å²) in [7, 11) is 0.